The van der Waals surface area contributed by atoms with Crippen molar-refractivity contribution >= 4 is 55.0 Å². The lowest BCUT2D eigenvalue weighted by Crippen LogP contribution is -2.11. The van der Waals surface area contributed by atoms with Crippen LogP contribution >= 0.6 is 27.5 Å². The first kappa shape index (κ1) is 12.5. The number of benzene rings is 3. The smallest absolute Gasteiger partial charge is 0.249 e. The van der Waals surface area contributed by atoms with Gasteiger partial charge in [-0.15, -0.1) is 0 Å². The molecular weight excluding hydrogens is 326 g/mol. The monoisotopic (exact) mass is 333 g/mol. The Hall–Kier alpha value is -1.58. The molecule has 94 valence electrons. The second-order valence-electron chi connectivity index (χ2n) is 4.35. The zero-order valence-electron chi connectivity index (χ0n) is 9.78. The van der Waals surface area contributed by atoms with Crippen LogP contribution in [-0.2, 0) is 0 Å². The van der Waals surface area contributed by atoms with Crippen molar-refractivity contribution in [2.45, 2.75) is 0 Å². The van der Waals surface area contributed by atoms with Crippen molar-refractivity contribution in [3.8, 4) is 0 Å². The molecule has 4 heteroatoms. The van der Waals surface area contributed by atoms with E-state index in [1.807, 2.05) is 30.3 Å². The van der Waals surface area contributed by atoms with E-state index in [9.17, 15) is 4.79 Å². The van der Waals surface area contributed by atoms with Gasteiger partial charge in [-0.3, -0.25) is 4.79 Å². The first-order valence-corrected chi connectivity index (χ1v) is 6.85. The number of carbonyl (C=O) groups excluding carboxylic acids is 1. The van der Waals surface area contributed by atoms with Crippen LogP contribution in [0.2, 0.25) is 5.02 Å². The number of halogens is 2. The van der Waals surface area contributed by atoms with Crippen LogP contribution in [-0.4, -0.2) is 5.91 Å². The van der Waals surface area contributed by atoms with Gasteiger partial charge in [-0.2, -0.15) is 0 Å². The molecule has 0 aliphatic heterocycles. The van der Waals surface area contributed by atoms with E-state index >= 15 is 0 Å². The summed E-state index contributed by atoms with van der Waals surface area (Å²) in [4.78, 5) is 11.5. The summed E-state index contributed by atoms with van der Waals surface area (Å²) in [6, 6.07) is 13.3. The number of hydrogen-bond acceptors (Lipinski definition) is 1. The molecule has 0 aliphatic carbocycles. The SMILES string of the molecule is NC(=O)c1ccc(Cl)c2cc3cc(Br)ccc3cc12. The van der Waals surface area contributed by atoms with Crippen molar-refractivity contribution in [2.75, 3.05) is 0 Å². The Labute approximate surface area is 123 Å². The molecule has 0 unspecified atom stereocenters. The molecule has 0 bridgehead atoms. The summed E-state index contributed by atoms with van der Waals surface area (Å²) >= 11 is 9.66. The van der Waals surface area contributed by atoms with Crippen LogP contribution < -0.4 is 5.73 Å². The van der Waals surface area contributed by atoms with Gasteiger partial charge >= 0.3 is 0 Å². The third kappa shape index (κ3) is 2.09. The summed E-state index contributed by atoms with van der Waals surface area (Å²) in [7, 11) is 0. The van der Waals surface area contributed by atoms with Crippen molar-refractivity contribution in [2.24, 2.45) is 5.73 Å². The van der Waals surface area contributed by atoms with Gasteiger partial charge < -0.3 is 5.73 Å². The van der Waals surface area contributed by atoms with E-state index < -0.39 is 5.91 Å². The molecule has 0 aliphatic rings. The number of rotatable bonds is 1. The number of nitrogens with two attached hydrogens (primary N) is 1. The molecule has 0 saturated carbocycles. The van der Waals surface area contributed by atoms with E-state index in [0.717, 1.165) is 26.0 Å². The van der Waals surface area contributed by atoms with E-state index in [0.29, 0.717) is 10.6 Å². The zero-order chi connectivity index (χ0) is 13.6. The van der Waals surface area contributed by atoms with Gasteiger partial charge in [0.2, 0.25) is 5.91 Å². The maximum absolute atomic E-state index is 11.5. The van der Waals surface area contributed by atoms with E-state index in [2.05, 4.69) is 15.9 Å². The lowest BCUT2D eigenvalue weighted by Gasteiger charge is -2.08. The summed E-state index contributed by atoms with van der Waals surface area (Å²) in [6.07, 6.45) is 0. The Morgan fingerprint density at radius 1 is 1.00 bits per heavy atom. The summed E-state index contributed by atoms with van der Waals surface area (Å²) in [5.74, 6) is -0.446. The Morgan fingerprint density at radius 3 is 2.47 bits per heavy atom. The van der Waals surface area contributed by atoms with Gasteiger partial charge in [0.25, 0.3) is 0 Å². The lowest BCUT2D eigenvalue weighted by atomic mass is 9.99. The van der Waals surface area contributed by atoms with Crippen LogP contribution in [0.25, 0.3) is 21.5 Å². The maximum atomic E-state index is 11.5. The molecule has 2 nitrogen and oxygen atoms in total. The molecule has 2 N–H and O–H groups in total. The zero-order valence-corrected chi connectivity index (χ0v) is 12.1. The van der Waals surface area contributed by atoms with Gasteiger partial charge in [-0.05, 0) is 52.6 Å². The van der Waals surface area contributed by atoms with Crippen LogP contribution in [0.15, 0.2) is 46.9 Å². The van der Waals surface area contributed by atoms with Crippen LogP contribution in [0.4, 0.5) is 0 Å². The highest BCUT2D eigenvalue weighted by atomic mass is 79.9. The molecule has 3 rings (SSSR count). The first-order chi connectivity index (χ1) is 9.06. The fourth-order valence-electron chi connectivity index (χ4n) is 2.24. The highest BCUT2D eigenvalue weighted by Gasteiger charge is 2.10. The molecular formula is C15H9BrClNO. The Kier molecular flexibility index (Phi) is 2.96. The molecule has 19 heavy (non-hydrogen) atoms. The van der Waals surface area contributed by atoms with Gasteiger partial charge in [-0.1, -0.05) is 33.6 Å². The highest BCUT2D eigenvalue weighted by molar-refractivity contribution is 9.10. The maximum Gasteiger partial charge on any atom is 0.249 e. The molecule has 0 heterocycles. The second kappa shape index (κ2) is 4.51. The summed E-state index contributed by atoms with van der Waals surface area (Å²) in [5.41, 5.74) is 5.90. The van der Waals surface area contributed by atoms with Crippen molar-refractivity contribution in [1.29, 1.82) is 0 Å². The summed E-state index contributed by atoms with van der Waals surface area (Å²) in [5, 5.41) is 4.34. The minimum Gasteiger partial charge on any atom is -0.366 e. The third-order valence-electron chi connectivity index (χ3n) is 3.15. The number of fused-ring (bicyclic) bond motifs is 2. The van der Waals surface area contributed by atoms with Gasteiger partial charge in [0.15, 0.2) is 0 Å². The van der Waals surface area contributed by atoms with E-state index in [1.54, 1.807) is 12.1 Å². The molecule has 0 saturated heterocycles. The number of hydrogen-bond donors (Lipinski definition) is 1. The Morgan fingerprint density at radius 2 is 1.74 bits per heavy atom. The van der Waals surface area contributed by atoms with Crippen LogP contribution in [0.5, 0.6) is 0 Å². The van der Waals surface area contributed by atoms with E-state index in [-0.39, 0.29) is 0 Å². The second-order valence-corrected chi connectivity index (χ2v) is 5.67. The normalized spacial score (nSPS) is 11.1. The lowest BCUT2D eigenvalue weighted by molar-refractivity contribution is 0.100. The van der Waals surface area contributed by atoms with E-state index in [1.165, 1.54) is 0 Å². The molecule has 3 aromatic carbocycles. The average molecular weight is 335 g/mol. The van der Waals surface area contributed by atoms with Crippen molar-refractivity contribution in [3.63, 3.8) is 0 Å². The molecule has 0 spiro atoms. The predicted molar refractivity (Wildman–Crippen MR) is 82.7 cm³/mol. The molecule has 0 aromatic heterocycles. The first-order valence-electron chi connectivity index (χ1n) is 5.67. The quantitative estimate of drug-likeness (QED) is 0.654. The topological polar surface area (TPSA) is 43.1 Å². The fourth-order valence-corrected chi connectivity index (χ4v) is 2.84. The third-order valence-corrected chi connectivity index (χ3v) is 3.97. The van der Waals surface area contributed by atoms with Crippen LogP contribution in [0, 0.1) is 0 Å². The number of carbonyl (C=O) groups is 1. The molecule has 1 amide bonds. The predicted octanol–water partition coefficient (Wildman–Crippen LogP) is 4.51. The van der Waals surface area contributed by atoms with Crippen LogP contribution in [0.1, 0.15) is 10.4 Å². The standard InChI is InChI=1S/C15H9BrClNO/c16-10-2-1-8-6-12-11(15(18)19)3-4-14(17)13(12)7-9(8)5-10/h1-7H,(H2,18,19). The molecule has 3 aromatic rings. The van der Waals surface area contributed by atoms with Crippen molar-refractivity contribution in [3.05, 3.63) is 57.5 Å². The van der Waals surface area contributed by atoms with Crippen LogP contribution in [0.3, 0.4) is 0 Å². The van der Waals surface area contributed by atoms with Gasteiger partial charge in [0.1, 0.15) is 0 Å². The van der Waals surface area contributed by atoms with Gasteiger partial charge in [0.05, 0.1) is 0 Å². The highest BCUT2D eigenvalue weighted by Crippen LogP contribution is 2.31. The Balaban J connectivity index is 2.49. The summed E-state index contributed by atoms with van der Waals surface area (Å²) in [6.45, 7) is 0. The molecule has 0 atom stereocenters. The largest absolute Gasteiger partial charge is 0.366 e. The molecule has 0 fully saturated rings. The minimum absolute atomic E-state index is 0.446. The Bertz CT molecular complexity index is 829. The average Bonchev–Trinajstić information content (AvgIpc) is 2.37. The minimum atomic E-state index is -0.446. The van der Waals surface area contributed by atoms with Gasteiger partial charge in [-0.25, -0.2) is 0 Å². The van der Waals surface area contributed by atoms with Crippen molar-refractivity contribution in [1.82, 2.24) is 0 Å². The summed E-state index contributed by atoms with van der Waals surface area (Å²) < 4.78 is 1.00. The molecule has 0 radical (unpaired) electrons. The fraction of sp³-hybridized carbons (Fsp3) is 0. The van der Waals surface area contributed by atoms with Gasteiger partial charge in [0, 0.05) is 20.4 Å². The van der Waals surface area contributed by atoms with E-state index in [4.69, 9.17) is 17.3 Å². The number of primary amides is 1. The van der Waals surface area contributed by atoms with Crippen molar-refractivity contribution < 1.29 is 4.79 Å². The number of amides is 1.